The van der Waals surface area contributed by atoms with Crippen LogP contribution in [-0.4, -0.2) is 4.98 Å². The number of fused-ring (bicyclic) bond motifs is 1. The quantitative estimate of drug-likeness (QED) is 0.341. The molecule has 0 radical (unpaired) electrons. The molecule has 0 spiro atoms. The lowest BCUT2D eigenvalue weighted by atomic mass is 9.81. The van der Waals surface area contributed by atoms with Crippen LogP contribution in [0.25, 0.3) is 10.9 Å². The fourth-order valence-electron chi connectivity index (χ4n) is 3.81. The summed E-state index contributed by atoms with van der Waals surface area (Å²) in [5, 5.41) is 4.52. The Morgan fingerprint density at radius 3 is 2.36 bits per heavy atom. The van der Waals surface area contributed by atoms with Crippen LogP contribution in [0.4, 0.5) is 23.2 Å². The molecule has 0 aliphatic heterocycles. The van der Waals surface area contributed by atoms with Gasteiger partial charge in [-0.1, -0.05) is 75.7 Å². The van der Waals surface area contributed by atoms with Crippen LogP contribution in [0.2, 0.25) is 0 Å². The Bertz CT molecular complexity index is 1080. The molecular weight excluding hydrogens is 428 g/mol. The van der Waals surface area contributed by atoms with Gasteiger partial charge in [-0.2, -0.15) is 13.2 Å². The van der Waals surface area contributed by atoms with E-state index in [-0.39, 0.29) is 11.7 Å². The highest BCUT2D eigenvalue weighted by molar-refractivity contribution is 5.93. The van der Waals surface area contributed by atoms with Crippen LogP contribution in [0, 0.1) is 11.8 Å². The van der Waals surface area contributed by atoms with Gasteiger partial charge in [0.15, 0.2) is 0 Å². The van der Waals surface area contributed by atoms with Gasteiger partial charge in [0.1, 0.15) is 0 Å². The Kier molecular flexibility index (Phi) is 8.01. The van der Waals surface area contributed by atoms with Crippen molar-refractivity contribution in [2.45, 2.75) is 45.2 Å². The first-order valence-electron chi connectivity index (χ1n) is 11.1. The van der Waals surface area contributed by atoms with Crippen LogP contribution >= 0.6 is 0 Å². The lowest BCUT2D eigenvalue weighted by Gasteiger charge is -2.25. The number of hydrogen-bond acceptors (Lipinski definition) is 1. The second-order valence-corrected chi connectivity index (χ2v) is 8.72. The summed E-state index contributed by atoms with van der Waals surface area (Å²) in [4.78, 5) is 3.29. The fraction of sp³-hybridized carbons (Fsp3) is 0.333. The van der Waals surface area contributed by atoms with Gasteiger partial charge in [-0.05, 0) is 30.0 Å². The van der Waals surface area contributed by atoms with Gasteiger partial charge in [-0.15, -0.1) is 0 Å². The van der Waals surface area contributed by atoms with Gasteiger partial charge < -0.3 is 10.3 Å². The lowest BCUT2D eigenvalue weighted by Crippen LogP contribution is -2.13. The van der Waals surface area contributed by atoms with Crippen molar-refractivity contribution in [3.63, 3.8) is 0 Å². The number of hydrogen-bond donors (Lipinski definition) is 2. The smallest absolute Gasteiger partial charge is 0.359 e. The van der Waals surface area contributed by atoms with Crippen molar-refractivity contribution in [2.24, 2.45) is 11.8 Å². The van der Waals surface area contributed by atoms with Crippen molar-refractivity contribution in [1.82, 2.24) is 4.98 Å². The van der Waals surface area contributed by atoms with E-state index < -0.39 is 11.7 Å². The van der Waals surface area contributed by atoms with Gasteiger partial charge in [-0.25, -0.2) is 4.39 Å². The van der Waals surface area contributed by atoms with E-state index in [0.29, 0.717) is 6.42 Å². The summed E-state index contributed by atoms with van der Waals surface area (Å²) in [7, 11) is 0. The van der Waals surface area contributed by atoms with Crippen LogP contribution in [0.15, 0.2) is 79.4 Å². The Hall–Kier alpha value is -3.02. The van der Waals surface area contributed by atoms with E-state index in [1.54, 1.807) is 6.07 Å². The van der Waals surface area contributed by atoms with Gasteiger partial charge in [-0.3, -0.25) is 0 Å². The van der Waals surface area contributed by atoms with Crippen molar-refractivity contribution in [3.8, 4) is 0 Å². The van der Waals surface area contributed by atoms with E-state index in [4.69, 9.17) is 0 Å². The standard InChI is InChI=1S/C20H25FN2.C7H5F3/c1-13(9-14(2)21)15(3)23-20-12-22-19-8-7-17(11-18(19)20)10-16-5-4-6-16;8-7(9,10)6-4-2-1-3-5-6/h7-8,11-13,16,22-23H,2-6,9-10H2,1H3;1-5H. The van der Waals surface area contributed by atoms with E-state index in [2.05, 4.69) is 41.7 Å². The van der Waals surface area contributed by atoms with E-state index in [1.165, 1.54) is 48.8 Å². The van der Waals surface area contributed by atoms with Crippen molar-refractivity contribution in [1.29, 1.82) is 0 Å². The van der Waals surface area contributed by atoms with Gasteiger partial charge >= 0.3 is 6.18 Å². The van der Waals surface area contributed by atoms with Crippen LogP contribution in [0.1, 0.15) is 43.7 Å². The number of alkyl halides is 3. The maximum Gasteiger partial charge on any atom is 0.416 e. The second-order valence-electron chi connectivity index (χ2n) is 8.72. The molecule has 0 saturated heterocycles. The summed E-state index contributed by atoms with van der Waals surface area (Å²) in [6.07, 6.45) is 3.32. The monoisotopic (exact) mass is 458 g/mol. The van der Waals surface area contributed by atoms with E-state index >= 15 is 0 Å². The molecule has 1 fully saturated rings. The number of halogens is 4. The molecule has 1 atom stereocenters. The molecule has 1 unspecified atom stereocenters. The Balaban J connectivity index is 0.000000257. The molecule has 1 aliphatic rings. The summed E-state index contributed by atoms with van der Waals surface area (Å²) in [6.45, 7) is 9.34. The number of allylic oxidation sites excluding steroid dienone is 2. The summed E-state index contributed by atoms with van der Waals surface area (Å²) in [5.41, 5.74) is 3.72. The minimum atomic E-state index is -4.21. The molecular formula is C27H30F4N2. The number of aromatic nitrogens is 1. The first-order valence-corrected chi connectivity index (χ1v) is 11.1. The Morgan fingerprint density at radius 1 is 1.12 bits per heavy atom. The molecule has 4 rings (SSSR count). The molecule has 0 amide bonds. The van der Waals surface area contributed by atoms with Crippen molar-refractivity contribution >= 4 is 16.6 Å². The molecule has 1 heterocycles. The van der Waals surface area contributed by atoms with Crippen LogP contribution < -0.4 is 5.32 Å². The minimum absolute atomic E-state index is 0.00982. The summed E-state index contributed by atoms with van der Waals surface area (Å²) >= 11 is 0. The predicted octanol–water partition coefficient (Wildman–Crippen LogP) is 8.65. The number of anilines is 1. The number of aromatic amines is 1. The zero-order chi connectivity index (χ0) is 24.0. The van der Waals surface area contributed by atoms with Crippen molar-refractivity contribution < 1.29 is 17.6 Å². The van der Waals surface area contributed by atoms with E-state index in [0.717, 1.165) is 35.0 Å². The van der Waals surface area contributed by atoms with Crippen LogP contribution in [-0.2, 0) is 12.6 Å². The topological polar surface area (TPSA) is 27.8 Å². The third-order valence-corrected chi connectivity index (χ3v) is 6.01. The zero-order valence-corrected chi connectivity index (χ0v) is 18.8. The fourth-order valence-corrected chi connectivity index (χ4v) is 3.81. The van der Waals surface area contributed by atoms with Crippen LogP contribution in [0.5, 0.6) is 0 Å². The maximum atomic E-state index is 13.0. The third kappa shape index (κ3) is 6.98. The molecule has 1 aromatic heterocycles. The molecule has 6 heteroatoms. The number of H-pyrrole nitrogens is 1. The lowest BCUT2D eigenvalue weighted by molar-refractivity contribution is -0.137. The van der Waals surface area contributed by atoms with Gasteiger partial charge in [0.25, 0.3) is 0 Å². The normalized spacial score (nSPS) is 14.7. The SMILES string of the molecule is C=C(F)CC(C)C(=C)Nc1c[nH]c2ccc(CC3CCC3)cc12.FC(F)(F)c1ccccc1. The van der Waals surface area contributed by atoms with E-state index in [1.807, 2.05) is 13.1 Å². The second kappa shape index (κ2) is 10.7. The van der Waals surface area contributed by atoms with Crippen molar-refractivity contribution in [2.75, 3.05) is 5.32 Å². The summed E-state index contributed by atoms with van der Waals surface area (Å²) in [5.74, 6) is 0.561. The largest absolute Gasteiger partial charge is 0.416 e. The minimum Gasteiger partial charge on any atom is -0.359 e. The molecule has 2 N–H and O–H groups in total. The van der Waals surface area contributed by atoms with Gasteiger partial charge in [0.2, 0.25) is 0 Å². The molecule has 176 valence electrons. The van der Waals surface area contributed by atoms with Crippen LogP contribution in [0.3, 0.4) is 0 Å². The Morgan fingerprint density at radius 2 is 1.82 bits per heavy atom. The molecule has 3 aromatic rings. The first-order chi connectivity index (χ1) is 15.6. The highest BCUT2D eigenvalue weighted by Gasteiger charge is 2.29. The molecule has 2 aromatic carbocycles. The number of benzene rings is 2. The molecule has 1 saturated carbocycles. The number of rotatable bonds is 7. The third-order valence-electron chi connectivity index (χ3n) is 6.01. The molecule has 1 aliphatic carbocycles. The summed E-state index contributed by atoms with van der Waals surface area (Å²) < 4.78 is 48.4. The van der Waals surface area contributed by atoms with Gasteiger partial charge in [0, 0.05) is 35.1 Å². The first kappa shape index (κ1) is 24.6. The Labute approximate surface area is 192 Å². The highest BCUT2D eigenvalue weighted by Crippen LogP contribution is 2.33. The van der Waals surface area contributed by atoms with Gasteiger partial charge in [0.05, 0.1) is 17.1 Å². The highest BCUT2D eigenvalue weighted by atomic mass is 19.4. The number of nitrogens with one attached hydrogen (secondary N) is 2. The average Bonchev–Trinajstić information content (AvgIpc) is 3.13. The molecule has 0 bridgehead atoms. The summed E-state index contributed by atoms with van der Waals surface area (Å²) in [6, 6.07) is 13.0. The zero-order valence-electron chi connectivity index (χ0n) is 18.8. The maximum absolute atomic E-state index is 13.0. The average molecular weight is 459 g/mol. The predicted molar refractivity (Wildman–Crippen MR) is 128 cm³/mol. The van der Waals surface area contributed by atoms with Crippen molar-refractivity contribution in [3.05, 3.63) is 90.5 Å². The molecule has 2 nitrogen and oxygen atoms in total. The van der Waals surface area contributed by atoms with E-state index in [9.17, 15) is 17.6 Å². The molecule has 33 heavy (non-hydrogen) atoms.